The van der Waals surface area contributed by atoms with Crippen molar-refractivity contribution in [2.24, 2.45) is 5.18 Å². The van der Waals surface area contributed by atoms with Gasteiger partial charge in [0.1, 0.15) is 12.3 Å². The molecule has 5 aromatic rings. The lowest BCUT2D eigenvalue weighted by molar-refractivity contribution is 0.00185. The van der Waals surface area contributed by atoms with Crippen LogP contribution >= 0.6 is 9.03 Å². The number of hydrogen-bond acceptors (Lipinski definition) is 7. The average Bonchev–Trinajstić information content (AvgIpc) is 3.36. The number of β-amino-alcohol motifs (C(OH)–C–C–N with tert-alkyl or cyclic N) is 1. The highest BCUT2D eigenvalue weighted by molar-refractivity contribution is 7.26. The van der Waals surface area contributed by atoms with Crippen molar-refractivity contribution in [3.05, 3.63) is 202 Å². The highest BCUT2D eigenvalue weighted by Gasteiger charge is 2.39. The number of urea groups is 1. The van der Waals surface area contributed by atoms with Crippen LogP contribution in [0.5, 0.6) is 5.75 Å². The maximum absolute atomic E-state index is 13.8. The number of aliphatic hydroxyl groups excluding tert-OH is 1. The minimum Gasteiger partial charge on any atom is -0.497 e. The first kappa shape index (κ1) is 54.7. The fourth-order valence-corrected chi connectivity index (χ4v) is 7.07. The van der Waals surface area contributed by atoms with Gasteiger partial charge in [0, 0.05) is 13.1 Å². The van der Waals surface area contributed by atoms with Crippen LogP contribution in [0.4, 0.5) is 4.79 Å². The van der Waals surface area contributed by atoms with Gasteiger partial charge in [-0.1, -0.05) is 198 Å². The Morgan fingerprint density at radius 3 is 1.69 bits per heavy atom. The molecule has 0 aliphatic carbocycles. The lowest BCUT2D eigenvalue weighted by Gasteiger charge is -2.45. The molecule has 344 valence electrons. The SMILES string of the molecule is C/C=C(\C=C(/CC)CN1C(=O)N(Cc2cccc(OC)c2)CC(O)C1Cc1ccccc1)CN=O.CC.CC.CCc1ccccc1.c1ccc(COPOCc2ccccc2)cc1. The van der Waals surface area contributed by atoms with Gasteiger partial charge in [0.15, 0.2) is 9.03 Å². The smallest absolute Gasteiger partial charge is 0.321 e. The van der Waals surface area contributed by atoms with E-state index in [-0.39, 0.29) is 34.2 Å². The van der Waals surface area contributed by atoms with Crippen molar-refractivity contribution in [3.8, 4) is 5.75 Å². The molecule has 2 atom stereocenters. The molecule has 0 radical (unpaired) electrons. The highest BCUT2D eigenvalue weighted by atomic mass is 31.1. The van der Waals surface area contributed by atoms with Gasteiger partial charge in [-0.3, -0.25) is 0 Å². The van der Waals surface area contributed by atoms with Crippen molar-refractivity contribution >= 4 is 15.1 Å². The number of nitrogens with zero attached hydrogens (tertiary/aromatic N) is 3. The fraction of sp³-hybridized carbons (Fsp3) is 0.352. The third kappa shape index (κ3) is 20.8. The van der Waals surface area contributed by atoms with Crippen LogP contribution in [0, 0.1) is 4.91 Å². The predicted octanol–water partition coefficient (Wildman–Crippen LogP) is 13.2. The number of benzene rings is 5. The van der Waals surface area contributed by atoms with Crippen LogP contribution in [0.2, 0.25) is 0 Å². The summed E-state index contributed by atoms with van der Waals surface area (Å²) in [5.74, 6) is 0.727. The number of amides is 2. The Morgan fingerprint density at radius 1 is 0.734 bits per heavy atom. The molecule has 1 N–H and O–H groups in total. The summed E-state index contributed by atoms with van der Waals surface area (Å²) < 4.78 is 16.2. The van der Waals surface area contributed by atoms with E-state index < -0.39 is 6.10 Å². The molecule has 10 heteroatoms. The topological polar surface area (TPSA) is 101 Å². The molecule has 0 bridgehead atoms. The number of nitroso groups, excluding NO2 is 1. The van der Waals surface area contributed by atoms with Crippen molar-refractivity contribution in [1.82, 2.24) is 9.80 Å². The van der Waals surface area contributed by atoms with E-state index in [1.807, 2.05) is 175 Å². The molecule has 2 amide bonds. The fourth-order valence-electron chi connectivity index (χ4n) is 6.53. The monoisotopic (exact) mass is 890 g/mol. The van der Waals surface area contributed by atoms with Crippen molar-refractivity contribution in [2.75, 3.05) is 26.7 Å². The van der Waals surface area contributed by atoms with E-state index >= 15 is 0 Å². The van der Waals surface area contributed by atoms with E-state index in [1.165, 1.54) is 16.7 Å². The van der Waals surface area contributed by atoms with Gasteiger partial charge in [-0.05, 0) is 71.7 Å². The van der Waals surface area contributed by atoms with E-state index in [4.69, 9.17) is 13.8 Å². The normalized spacial score (nSPS) is 14.5. The zero-order chi connectivity index (χ0) is 46.8. The maximum Gasteiger partial charge on any atom is 0.321 e. The number of methoxy groups -OCH3 is 1. The summed E-state index contributed by atoms with van der Waals surface area (Å²) in [7, 11) is 1.70. The highest BCUT2D eigenvalue weighted by Crippen LogP contribution is 2.26. The van der Waals surface area contributed by atoms with Crippen molar-refractivity contribution < 1.29 is 23.7 Å². The molecular formula is C54H72N3O6P. The number of allylic oxidation sites excluding steroid dienone is 1. The predicted molar refractivity (Wildman–Crippen MR) is 268 cm³/mol. The van der Waals surface area contributed by atoms with Crippen molar-refractivity contribution in [2.45, 2.75) is 99.6 Å². The van der Waals surface area contributed by atoms with Crippen LogP contribution in [0.15, 0.2) is 174 Å². The average molecular weight is 890 g/mol. The van der Waals surface area contributed by atoms with Crippen molar-refractivity contribution in [3.63, 3.8) is 0 Å². The van der Waals surface area contributed by atoms with Crippen LogP contribution in [0.25, 0.3) is 0 Å². The molecule has 5 aromatic carbocycles. The Kier molecular flexibility index (Phi) is 29.1. The largest absolute Gasteiger partial charge is 0.497 e. The molecule has 1 heterocycles. The number of hydrogen-bond donors (Lipinski definition) is 1. The van der Waals surface area contributed by atoms with Gasteiger partial charge in [0.2, 0.25) is 0 Å². The molecule has 1 saturated heterocycles. The number of aryl methyl sites for hydroxylation is 1. The van der Waals surface area contributed by atoms with Gasteiger partial charge in [-0.15, -0.1) is 0 Å². The first-order valence-corrected chi connectivity index (χ1v) is 23.3. The molecule has 0 saturated carbocycles. The first-order valence-electron chi connectivity index (χ1n) is 22.5. The Balaban J connectivity index is 0.000000397. The van der Waals surface area contributed by atoms with Crippen molar-refractivity contribution in [1.29, 1.82) is 0 Å². The second-order valence-corrected chi connectivity index (χ2v) is 15.0. The Labute approximate surface area is 386 Å². The lowest BCUT2D eigenvalue weighted by atomic mass is 9.96. The molecule has 64 heavy (non-hydrogen) atoms. The minimum absolute atomic E-state index is 0.0833. The van der Waals surface area contributed by atoms with Gasteiger partial charge in [-0.25, -0.2) is 4.79 Å². The zero-order valence-electron chi connectivity index (χ0n) is 39.4. The van der Waals surface area contributed by atoms with Gasteiger partial charge in [-0.2, -0.15) is 4.91 Å². The second-order valence-electron chi connectivity index (χ2n) is 14.2. The van der Waals surface area contributed by atoms with Crippen LogP contribution in [0.1, 0.15) is 82.7 Å². The van der Waals surface area contributed by atoms with Crippen LogP contribution in [0.3, 0.4) is 0 Å². The number of carbonyl (C=O) groups is 1. The van der Waals surface area contributed by atoms with Gasteiger partial charge in [0.05, 0.1) is 39.0 Å². The Hall–Kier alpha value is -5.44. The summed E-state index contributed by atoms with van der Waals surface area (Å²) >= 11 is 0. The number of carbonyl (C=O) groups excluding carboxylic acids is 1. The summed E-state index contributed by atoms with van der Waals surface area (Å²) in [5, 5.41) is 14.2. The molecule has 1 fully saturated rings. The zero-order valence-corrected chi connectivity index (χ0v) is 40.4. The molecule has 1 aliphatic rings. The van der Waals surface area contributed by atoms with Crippen LogP contribution in [-0.4, -0.2) is 59.8 Å². The summed E-state index contributed by atoms with van der Waals surface area (Å²) in [6.07, 6.45) is 5.51. The Bertz CT molecular complexity index is 1980. The molecule has 9 nitrogen and oxygen atoms in total. The number of aliphatic hydroxyl groups is 1. The van der Waals surface area contributed by atoms with Crippen LogP contribution in [-0.2, 0) is 41.6 Å². The summed E-state index contributed by atoms with van der Waals surface area (Å²) in [6.45, 7) is 16.4. The quantitative estimate of drug-likeness (QED) is 0.0407. The summed E-state index contributed by atoms with van der Waals surface area (Å²) in [6, 6.07) is 47.7. The number of rotatable bonds is 18. The molecule has 2 unspecified atom stereocenters. The maximum atomic E-state index is 13.8. The van der Waals surface area contributed by atoms with E-state index in [2.05, 4.69) is 36.4 Å². The first-order chi connectivity index (χ1) is 31.4. The molecule has 6 rings (SSSR count). The number of ether oxygens (including phenoxy) is 1. The third-order valence-corrected chi connectivity index (χ3v) is 10.5. The molecular weight excluding hydrogens is 818 g/mol. The van der Waals surface area contributed by atoms with Crippen LogP contribution < -0.4 is 4.74 Å². The molecule has 0 aromatic heterocycles. The standard InChI is InChI=1S/C28H35N3O4.C14H15O2P.C8H10.2C2H6/c1-4-21(17-29-34)14-22(5-2)19-31-26(16-23-10-7-6-8-11-23)27(32)20-30(28(31)33)18-24-12-9-13-25(15-24)35-3;1-3-7-13(8-4-1)11-15-17-16-12-14-9-5-2-6-10-14;1-2-8-6-4-3-5-7-8;2*1-2/h4,6-15,26-27,32H,5,16-20H2,1-3H3;1-10,17H,11-12H2;3-7H,2H2,1H3;2*1-2H3/b21-4+,22-14+;;;;. The second kappa shape index (κ2) is 34.0. The Morgan fingerprint density at radius 2 is 1.23 bits per heavy atom. The van der Waals surface area contributed by atoms with E-state index in [1.54, 1.807) is 16.9 Å². The van der Waals surface area contributed by atoms with E-state index in [0.29, 0.717) is 39.1 Å². The van der Waals surface area contributed by atoms with Gasteiger partial charge in [0.25, 0.3) is 0 Å². The van der Waals surface area contributed by atoms with E-state index in [0.717, 1.165) is 34.4 Å². The third-order valence-electron chi connectivity index (χ3n) is 9.93. The van der Waals surface area contributed by atoms with Gasteiger partial charge < -0.3 is 28.7 Å². The molecule has 0 spiro atoms. The van der Waals surface area contributed by atoms with E-state index in [9.17, 15) is 14.8 Å². The minimum atomic E-state index is -0.713. The summed E-state index contributed by atoms with van der Waals surface area (Å²) in [5.41, 5.74) is 7.57. The molecule has 1 aliphatic heterocycles. The lowest BCUT2D eigenvalue weighted by Crippen LogP contribution is -2.62. The van der Waals surface area contributed by atoms with Gasteiger partial charge >= 0.3 is 6.03 Å². The summed E-state index contributed by atoms with van der Waals surface area (Å²) in [4.78, 5) is 28.0.